The van der Waals surface area contributed by atoms with Crippen molar-refractivity contribution < 1.29 is 0 Å². The molecule has 0 heterocycles. The Morgan fingerprint density at radius 2 is 1.50 bits per heavy atom. The lowest BCUT2D eigenvalue weighted by molar-refractivity contribution is 0.470. The third kappa shape index (κ3) is 2.96. The summed E-state index contributed by atoms with van der Waals surface area (Å²) in [5, 5.41) is 5.22. The van der Waals surface area contributed by atoms with E-state index in [-0.39, 0.29) is 5.41 Å². The van der Waals surface area contributed by atoms with Gasteiger partial charge in [0.25, 0.3) is 0 Å². The fraction of sp³-hybridized carbons (Fsp3) is 1.00. The van der Waals surface area contributed by atoms with Crippen molar-refractivity contribution in [3.63, 3.8) is 0 Å². The van der Waals surface area contributed by atoms with Crippen LogP contribution in [0.15, 0.2) is 5.18 Å². The Morgan fingerprint density at radius 3 is 1.60 bits per heavy atom. The largest absolute Gasteiger partial charge is 0.151 e. The Balaban J connectivity index is 4.00. The summed E-state index contributed by atoms with van der Waals surface area (Å²) in [4.78, 5) is 9.98. The van der Waals surface area contributed by atoms with Crippen LogP contribution >= 0.6 is 47.8 Å². The van der Waals surface area contributed by atoms with Crippen LogP contribution in [0, 0.1) is 10.3 Å². The Bertz CT molecular complexity index is 96.8. The van der Waals surface area contributed by atoms with Gasteiger partial charge in [0.1, 0.15) is 0 Å². The zero-order valence-corrected chi connectivity index (χ0v) is 10.1. The third-order valence-corrected chi connectivity index (χ3v) is 4.82. The third-order valence-electron chi connectivity index (χ3n) is 1.25. The van der Waals surface area contributed by atoms with E-state index in [2.05, 4.69) is 53.0 Å². The molecule has 0 saturated heterocycles. The number of nitrogens with zero attached hydrogens (tertiary/aromatic N) is 1. The molecule has 0 aliphatic carbocycles. The topological polar surface area (TPSA) is 29.4 Å². The first-order valence-corrected chi connectivity index (χ1v) is 6.08. The lowest BCUT2D eigenvalue weighted by atomic mass is 9.97. The van der Waals surface area contributed by atoms with E-state index >= 15 is 0 Å². The van der Waals surface area contributed by atoms with Gasteiger partial charge in [-0.1, -0.05) is 53.0 Å². The summed E-state index contributed by atoms with van der Waals surface area (Å²) in [5.74, 6) is 0. The zero-order chi connectivity index (χ0) is 8.04. The molecule has 0 amide bonds. The van der Waals surface area contributed by atoms with E-state index in [1.807, 2.05) is 0 Å². The van der Waals surface area contributed by atoms with Gasteiger partial charge in [-0.05, 0) is 0 Å². The van der Waals surface area contributed by atoms with E-state index in [4.69, 9.17) is 0 Å². The standard InChI is InChI=1S/C5H8Br3NO/c6-1-5(2-7,3-8)4-9-10/h1-4H2. The van der Waals surface area contributed by atoms with Crippen LogP contribution in [0.4, 0.5) is 0 Å². The summed E-state index contributed by atoms with van der Waals surface area (Å²) in [6.45, 7) is 0.342. The normalized spacial score (nSPS) is 11.5. The number of nitroso groups, excluding NO2 is 1. The van der Waals surface area contributed by atoms with Gasteiger partial charge in [0.15, 0.2) is 0 Å². The molecule has 0 aromatic heterocycles. The maximum absolute atomic E-state index is 9.98. The highest BCUT2D eigenvalue weighted by Crippen LogP contribution is 2.25. The van der Waals surface area contributed by atoms with Crippen molar-refractivity contribution in [3.8, 4) is 0 Å². The molecule has 0 N–H and O–H groups in total. The van der Waals surface area contributed by atoms with E-state index in [1.165, 1.54) is 0 Å². The molecule has 0 radical (unpaired) electrons. The van der Waals surface area contributed by atoms with E-state index in [1.54, 1.807) is 0 Å². The van der Waals surface area contributed by atoms with Gasteiger partial charge in [0.05, 0.1) is 6.54 Å². The Labute approximate surface area is 85.5 Å². The first kappa shape index (κ1) is 11.0. The van der Waals surface area contributed by atoms with Crippen LogP contribution in [0.5, 0.6) is 0 Å². The van der Waals surface area contributed by atoms with Crippen LogP contribution < -0.4 is 0 Å². The zero-order valence-electron chi connectivity index (χ0n) is 5.32. The van der Waals surface area contributed by atoms with Gasteiger partial charge in [-0.15, -0.1) is 0 Å². The molecule has 0 rings (SSSR count). The minimum Gasteiger partial charge on any atom is -0.151 e. The first-order chi connectivity index (χ1) is 4.74. The molecule has 0 atom stereocenters. The highest BCUT2D eigenvalue weighted by Gasteiger charge is 2.26. The second-order valence-electron chi connectivity index (χ2n) is 2.19. The van der Waals surface area contributed by atoms with E-state index in [0.717, 1.165) is 16.0 Å². The lowest BCUT2D eigenvalue weighted by Gasteiger charge is -2.23. The van der Waals surface area contributed by atoms with Gasteiger partial charge in [-0.25, -0.2) is 0 Å². The summed E-state index contributed by atoms with van der Waals surface area (Å²) < 4.78 is 0. The number of alkyl halides is 3. The molecule has 0 saturated carbocycles. The molecule has 0 bridgehead atoms. The molecule has 0 aromatic rings. The quantitative estimate of drug-likeness (QED) is 0.560. The molecule has 2 nitrogen and oxygen atoms in total. The highest BCUT2D eigenvalue weighted by molar-refractivity contribution is 9.10. The summed E-state index contributed by atoms with van der Waals surface area (Å²) in [5.41, 5.74) is -0.0538. The average Bonchev–Trinajstić information content (AvgIpc) is 2.01. The second kappa shape index (κ2) is 5.66. The van der Waals surface area contributed by atoms with Crippen molar-refractivity contribution in [2.24, 2.45) is 10.6 Å². The molecular weight excluding hydrogens is 330 g/mol. The van der Waals surface area contributed by atoms with E-state index < -0.39 is 0 Å². The summed E-state index contributed by atoms with van der Waals surface area (Å²) >= 11 is 10.0. The van der Waals surface area contributed by atoms with Crippen LogP contribution in [-0.4, -0.2) is 22.5 Å². The van der Waals surface area contributed by atoms with Crippen molar-refractivity contribution in [1.82, 2.24) is 0 Å². The molecule has 0 aromatic carbocycles. The first-order valence-electron chi connectivity index (χ1n) is 2.71. The van der Waals surface area contributed by atoms with Crippen LogP contribution in [0.25, 0.3) is 0 Å². The maximum atomic E-state index is 9.98. The van der Waals surface area contributed by atoms with E-state index in [0.29, 0.717) is 6.54 Å². The average molecular weight is 338 g/mol. The van der Waals surface area contributed by atoms with Gasteiger partial charge < -0.3 is 0 Å². The second-order valence-corrected chi connectivity index (χ2v) is 3.87. The summed E-state index contributed by atoms with van der Waals surface area (Å²) in [6.07, 6.45) is 0. The Hall–Kier alpha value is 1.04. The fourth-order valence-electron chi connectivity index (χ4n) is 0.371. The highest BCUT2D eigenvalue weighted by atomic mass is 79.9. The van der Waals surface area contributed by atoms with Gasteiger partial charge in [0.2, 0.25) is 0 Å². The van der Waals surface area contributed by atoms with Crippen molar-refractivity contribution >= 4 is 47.8 Å². The number of halogens is 3. The van der Waals surface area contributed by atoms with Crippen molar-refractivity contribution in [2.75, 3.05) is 22.5 Å². The smallest absolute Gasteiger partial charge is 0.0891 e. The minimum atomic E-state index is -0.0538. The van der Waals surface area contributed by atoms with Gasteiger partial charge in [-0.2, -0.15) is 4.91 Å². The molecular formula is C5H8Br3NO. The van der Waals surface area contributed by atoms with Gasteiger partial charge in [0, 0.05) is 21.4 Å². The molecule has 10 heavy (non-hydrogen) atoms. The molecule has 60 valence electrons. The number of hydrogen-bond acceptors (Lipinski definition) is 2. The van der Waals surface area contributed by atoms with Crippen LogP contribution in [0.1, 0.15) is 0 Å². The van der Waals surface area contributed by atoms with Crippen molar-refractivity contribution in [2.45, 2.75) is 0 Å². The predicted octanol–water partition coefficient (Wildman–Crippen LogP) is 2.92. The van der Waals surface area contributed by atoms with Crippen LogP contribution in [-0.2, 0) is 0 Å². The Kier molecular flexibility index (Phi) is 6.25. The van der Waals surface area contributed by atoms with Gasteiger partial charge in [-0.3, -0.25) is 0 Å². The number of rotatable bonds is 5. The lowest BCUT2D eigenvalue weighted by Crippen LogP contribution is -2.29. The maximum Gasteiger partial charge on any atom is 0.0891 e. The van der Waals surface area contributed by atoms with E-state index in [9.17, 15) is 4.91 Å². The molecule has 5 heteroatoms. The van der Waals surface area contributed by atoms with Gasteiger partial charge >= 0.3 is 0 Å². The minimum absolute atomic E-state index is 0.0538. The SMILES string of the molecule is O=NCC(CBr)(CBr)CBr. The molecule has 0 unspecified atom stereocenters. The predicted molar refractivity (Wildman–Crippen MR) is 54.5 cm³/mol. The molecule has 0 spiro atoms. The van der Waals surface area contributed by atoms with Crippen molar-refractivity contribution in [3.05, 3.63) is 4.91 Å². The molecule has 0 aliphatic rings. The summed E-state index contributed by atoms with van der Waals surface area (Å²) in [7, 11) is 0. The monoisotopic (exact) mass is 335 g/mol. The van der Waals surface area contributed by atoms with Crippen LogP contribution in [0.3, 0.4) is 0 Å². The molecule has 0 aliphatic heterocycles. The molecule has 0 fully saturated rings. The summed E-state index contributed by atoms with van der Waals surface area (Å²) in [6, 6.07) is 0. The number of hydrogen-bond donors (Lipinski definition) is 0. The fourth-order valence-corrected chi connectivity index (χ4v) is 3.69. The Morgan fingerprint density at radius 1 is 1.10 bits per heavy atom. The van der Waals surface area contributed by atoms with Crippen molar-refractivity contribution in [1.29, 1.82) is 0 Å². The van der Waals surface area contributed by atoms with Crippen LogP contribution in [0.2, 0.25) is 0 Å².